The highest BCUT2D eigenvalue weighted by Gasteiger charge is 2.24. The molecule has 50 heavy (non-hydrogen) atoms. The number of carbonyl (C=O) groups is 2. The van der Waals surface area contributed by atoms with Crippen molar-refractivity contribution in [3.05, 3.63) is 131 Å². The molecule has 2 N–H and O–H groups in total. The summed E-state index contributed by atoms with van der Waals surface area (Å²) in [6, 6.07) is 27.1. The quantitative estimate of drug-likeness (QED) is 0.179. The molecule has 7 rings (SSSR count). The van der Waals surface area contributed by atoms with Gasteiger partial charge in [-0.2, -0.15) is 0 Å². The molecule has 2 amide bonds. The molecule has 0 bridgehead atoms. The number of benzene rings is 2. The molecule has 0 radical (unpaired) electrons. The fourth-order valence-electron chi connectivity index (χ4n) is 6.74. The first-order valence-electron chi connectivity index (χ1n) is 17.2. The van der Waals surface area contributed by atoms with Gasteiger partial charge in [0.15, 0.2) is 0 Å². The van der Waals surface area contributed by atoms with Crippen LogP contribution in [-0.4, -0.2) is 69.9 Å². The van der Waals surface area contributed by atoms with E-state index < -0.39 is 0 Å². The Morgan fingerprint density at radius 3 is 2.12 bits per heavy atom. The third kappa shape index (κ3) is 8.18. The smallest absolute Gasteiger partial charge is 0.251 e. The van der Waals surface area contributed by atoms with Crippen LogP contribution < -0.4 is 15.5 Å². The third-order valence-electron chi connectivity index (χ3n) is 9.58. The topological polar surface area (TPSA) is 103 Å². The van der Waals surface area contributed by atoms with Crippen molar-refractivity contribution in [2.75, 3.05) is 31.1 Å². The number of rotatable bonds is 9. The maximum Gasteiger partial charge on any atom is 0.251 e. The van der Waals surface area contributed by atoms with E-state index in [9.17, 15) is 9.59 Å². The number of pyridine rings is 3. The van der Waals surface area contributed by atoms with E-state index in [4.69, 9.17) is 16.6 Å². The van der Waals surface area contributed by atoms with E-state index in [0.29, 0.717) is 16.1 Å². The molecule has 5 aromatic rings. The van der Waals surface area contributed by atoms with Crippen molar-refractivity contribution in [3.8, 4) is 22.4 Å². The highest BCUT2D eigenvalue weighted by molar-refractivity contribution is 6.33. The van der Waals surface area contributed by atoms with E-state index in [0.717, 1.165) is 86.6 Å². The first kappa shape index (κ1) is 33.4. The van der Waals surface area contributed by atoms with Gasteiger partial charge in [0.2, 0.25) is 0 Å². The second-order valence-electron chi connectivity index (χ2n) is 13.0. The van der Waals surface area contributed by atoms with Gasteiger partial charge in [-0.3, -0.25) is 24.5 Å². The third-order valence-corrected chi connectivity index (χ3v) is 9.91. The Morgan fingerprint density at radius 2 is 1.44 bits per heavy atom. The molecule has 10 heteroatoms. The molecule has 3 aromatic heterocycles. The number of aromatic nitrogens is 3. The fourth-order valence-corrected chi connectivity index (χ4v) is 6.95. The lowest BCUT2D eigenvalue weighted by Crippen LogP contribution is -2.45. The summed E-state index contributed by atoms with van der Waals surface area (Å²) in [5.74, 6) is 0.840. The van der Waals surface area contributed by atoms with Gasteiger partial charge in [0.05, 0.1) is 10.7 Å². The van der Waals surface area contributed by atoms with E-state index in [1.165, 1.54) is 5.56 Å². The molecule has 2 saturated heterocycles. The van der Waals surface area contributed by atoms with Gasteiger partial charge in [0, 0.05) is 91.8 Å². The average Bonchev–Trinajstić information content (AvgIpc) is 3.17. The molecule has 9 nitrogen and oxygen atoms in total. The molecule has 2 aromatic carbocycles. The molecule has 2 aliphatic rings. The highest BCUT2D eigenvalue weighted by Crippen LogP contribution is 2.28. The van der Waals surface area contributed by atoms with Gasteiger partial charge >= 0.3 is 0 Å². The van der Waals surface area contributed by atoms with Crippen LogP contribution in [0.4, 0.5) is 5.82 Å². The number of hydrogen-bond donors (Lipinski definition) is 2. The number of hydrogen-bond acceptors (Lipinski definition) is 7. The summed E-state index contributed by atoms with van der Waals surface area (Å²) in [6.45, 7) is 4.31. The molecular weight excluding hydrogens is 646 g/mol. The Hall–Kier alpha value is -5.12. The predicted octanol–water partition coefficient (Wildman–Crippen LogP) is 6.65. The highest BCUT2D eigenvalue weighted by atomic mass is 35.5. The molecule has 0 spiro atoms. The summed E-state index contributed by atoms with van der Waals surface area (Å²) in [6.07, 6.45) is 10.8. The average molecular weight is 686 g/mol. The van der Waals surface area contributed by atoms with Crippen LogP contribution in [0.5, 0.6) is 0 Å². The Kier molecular flexibility index (Phi) is 10.4. The lowest BCUT2D eigenvalue weighted by Gasteiger charge is -2.34. The number of anilines is 1. The van der Waals surface area contributed by atoms with Crippen LogP contribution in [0.1, 0.15) is 52.0 Å². The second-order valence-corrected chi connectivity index (χ2v) is 13.4. The lowest BCUT2D eigenvalue weighted by atomic mass is 10.0. The van der Waals surface area contributed by atoms with Gasteiger partial charge in [-0.1, -0.05) is 41.9 Å². The first-order chi connectivity index (χ1) is 24.5. The van der Waals surface area contributed by atoms with E-state index in [-0.39, 0.29) is 23.9 Å². The first-order valence-corrected chi connectivity index (χ1v) is 17.6. The van der Waals surface area contributed by atoms with Crippen LogP contribution in [0.2, 0.25) is 5.02 Å². The minimum Gasteiger partial charge on any atom is -0.356 e. The van der Waals surface area contributed by atoms with E-state index in [1.54, 1.807) is 24.5 Å². The van der Waals surface area contributed by atoms with Crippen LogP contribution in [0.15, 0.2) is 110 Å². The summed E-state index contributed by atoms with van der Waals surface area (Å²) in [5, 5.41) is 7.03. The maximum absolute atomic E-state index is 13.1. The van der Waals surface area contributed by atoms with Crippen molar-refractivity contribution in [2.45, 2.75) is 44.3 Å². The van der Waals surface area contributed by atoms with E-state index in [2.05, 4.69) is 42.5 Å². The van der Waals surface area contributed by atoms with Crippen LogP contribution in [0.25, 0.3) is 22.4 Å². The van der Waals surface area contributed by atoms with Crippen molar-refractivity contribution in [1.29, 1.82) is 0 Å². The van der Waals surface area contributed by atoms with E-state index >= 15 is 0 Å². The molecule has 0 saturated carbocycles. The summed E-state index contributed by atoms with van der Waals surface area (Å²) in [7, 11) is 0. The van der Waals surface area contributed by atoms with Gasteiger partial charge in [-0.25, -0.2) is 4.98 Å². The van der Waals surface area contributed by atoms with Crippen molar-refractivity contribution in [1.82, 2.24) is 30.5 Å². The minimum atomic E-state index is -0.0879. The standard InChI is InChI=1S/C40H40ClN7O2/c41-36-11-10-31(24-35(36)37-8-1-2-18-43-37)40(50)45-33-13-19-47(20-14-33)27-28-9-12-38(44-25-28)48-21-15-34(16-22-48)46-39(49)30-6-3-5-29(23-30)32-7-4-17-42-26-32/h1-12,17-18,23-26,33-34H,13-16,19-22,27H2,(H,45,50)(H,46,49). The van der Waals surface area contributed by atoms with Crippen LogP contribution in [0, 0.1) is 0 Å². The fraction of sp³-hybridized carbons (Fsp3) is 0.275. The Balaban J connectivity index is 0.847. The molecule has 254 valence electrons. The zero-order chi connectivity index (χ0) is 34.3. The number of piperidine rings is 2. The van der Waals surface area contributed by atoms with Gasteiger partial charge < -0.3 is 15.5 Å². The molecular formula is C40H40ClN7O2. The van der Waals surface area contributed by atoms with Gasteiger partial charge in [-0.15, -0.1) is 0 Å². The molecule has 5 heterocycles. The Labute approximate surface area is 297 Å². The number of likely N-dealkylation sites (tertiary alicyclic amines) is 1. The van der Waals surface area contributed by atoms with Crippen LogP contribution in [0.3, 0.4) is 0 Å². The number of nitrogens with zero attached hydrogens (tertiary/aromatic N) is 5. The SMILES string of the molecule is O=C(NC1CCN(Cc2ccc(N3CCC(NC(=O)c4cccc(-c5cccnc5)c4)CC3)nc2)CC1)c1ccc(Cl)c(-c2ccccn2)c1. The molecule has 0 unspecified atom stereocenters. The molecule has 2 fully saturated rings. The summed E-state index contributed by atoms with van der Waals surface area (Å²) in [5.41, 5.74) is 5.89. The molecule has 0 aliphatic carbocycles. The number of nitrogens with one attached hydrogen (secondary N) is 2. The van der Waals surface area contributed by atoms with Gasteiger partial charge in [0.25, 0.3) is 11.8 Å². The van der Waals surface area contributed by atoms with Crippen molar-refractivity contribution < 1.29 is 9.59 Å². The van der Waals surface area contributed by atoms with Crippen molar-refractivity contribution in [2.24, 2.45) is 0 Å². The van der Waals surface area contributed by atoms with Gasteiger partial charge in [0.1, 0.15) is 5.82 Å². The summed E-state index contributed by atoms with van der Waals surface area (Å²) >= 11 is 6.42. The monoisotopic (exact) mass is 685 g/mol. The van der Waals surface area contributed by atoms with Crippen LogP contribution in [-0.2, 0) is 6.54 Å². The minimum absolute atomic E-state index is 0.0418. The molecule has 0 atom stereocenters. The van der Waals surface area contributed by atoms with E-state index in [1.807, 2.05) is 73.1 Å². The maximum atomic E-state index is 13.1. The normalized spacial score (nSPS) is 15.8. The molecule has 2 aliphatic heterocycles. The van der Waals surface area contributed by atoms with Gasteiger partial charge in [-0.05, 0) is 91.4 Å². The van der Waals surface area contributed by atoms with Crippen LogP contribution >= 0.6 is 11.6 Å². The largest absolute Gasteiger partial charge is 0.356 e. The summed E-state index contributed by atoms with van der Waals surface area (Å²) < 4.78 is 0. The Morgan fingerprint density at radius 1 is 0.700 bits per heavy atom. The summed E-state index contributed by atoms with van der Waals surface area (Å²) in [4.78, 5) is 44.2. The second kappa shape index (κ2) is 15.6. The Bertz CT molecular complexity index is 1910. The number of carbonyl (C=O) groups excluding carboxylic acids is 2. The van der Waals surface area contributed by atoms with Crippen molar-refractivity contribution >= 4 is 29.2 Å². The zero-order valence-corrected chi connectivity index (χ0v) is 28.6. The zero-order valence-electron chi connectivity index (χ0n) is 27.8. The lowest BCUT2D eigenvalue weighted by molar-refractivity contribution is 0.0906. The number of amides is 2. The predicted molar refractivity (Wildman–Crippen MR) is 197 cm³/mol. The van der Waals surface area contributed by atoms with Crippen molar-refractivity contribution in [3.63, 3.8) is 0 Å². The number of halogens is 1.